The molecule has 206 valence electrons. The first-order chi connectivity index (χ1) is 18.0. The van der Waals surface area contributed by atoms with Gasteiger partial charge in [-0.25, -0.2) is 17.5 Å². The highest BCUT2D eigenvalue weighted by Crippen LogP contribution is 2.34. The molecule has 2 heterocycles. The number of carbonyl (C=O) groups is 2. The number of nitrogens with zero attached hydrogens (tertiary/aromatic N) is 2. The van der Waals surface area contributed by atoms with Gasteiger partial charge >= 0.3 is 6.03 Å². The molecule has 13 heteroatoms. The maximum absolute atomic E-state index is 13.5. The second kappa shape index (κ2) is 11.1. The topological polar surface area (TPSA) is 147 Å². The molecule has 0 saturated carbocycles. The van der Waals surface area contributed by atoms with E-state index in [1.165, 1.54) is 22.3 Å². The molecule has 2 aromatic rings. The van der Waals surface area contributed by atoms with Crippen molar-refractivity contribution in [2.45, 2.75) is 26.0 Å². The van der Waals surface area contributed by atoms with Crippen molar-refractivity contribution in [3.8, 4) is 17.2 Å². The highest BCUT2D eigenvalue weighted by Gasteiger charge is 2.34. The number of fused-ring (bicyclic) bond motifs is 2. The summed E-state index contributed by atoms with van der Waals surface area (Å²) in [6.45, 7) is 3.78. The number of carbonyl (C=O) groups excluding carboxylic acids is 2. The van der Waals surface area contributed by atoms with E-state index in [4.69, 9.17) is 14.2 Å². The molecule has 0 radical (unpaired) electrons. The number of likely N-dealkylation sites (N-methyl/N-ethyl adjacent to an activating group) is 1. The van der Waals surface area contributed by atoms with Gasteiger partial charge in [0.2, 0.25) is 16.8 Å². The van der Waals surface area contributed by atoms with Crippen molar-refractivity contribution in [2.24, 2.45) is 5.92 Å². The van der Waals surface area contributed by atoms with Crippen molar-refractivity contribution < 1.29 is 37.3 Å². The average Bonchev–Trinajstić information content (AvgIpc) is 3.33. The summed E-state index contributed by atoms with van der Waals surface area (Å²) in [7, 11) is -1.99. The summed E-state index contributed by atoms with van der Waals surface area (Å²) in [5, 5.41) is 15.2. The lowest BCUT2D eigenvalue weighted by Crippen LogP contribution is -2.50. The first-order valence-electron chi connectivity index (χ1n) is 12.1. The minimum Gasteiger partial charge on any atom is -0.488 e. The quantitative estimate of drug-likeness (QED) is 0.477. The van der Waals surface area contributed by atoms with E-state index in [-0.39, 0.29) is 49.6 Å². The van der Waals surface area contributed by atoms with Crippen molar-refractivity contribution in [3.05, 3.63) is 42.0 Å². The molecular formula is C25H32N4O8S. The summed E-state index contributed by atoms with van der Waals surface area (Å²) in [6, 6.07) is 8.64. The van der Waals surface area contributed by atoms with Crippen LogP contribution in [0.3, 0.4) is 0 Å². The summed E-state index contributed by atoms with van der Waals surface area (Å²) >= 11 is 0. The van der Waals surface area contributed by atoms with Crippen LogP contribution in [0.15, 0.2) is 36.4 Å². The molecule has 0 aliphatic carbocycles. The Morgan fingerprint density at radius 1 is 1.13 bits per heavy atom. The second-order valence-corrected chi connectivity index (χ2v) is 11.6. The molecule has 0 spiro atoms. The Labute approximate surface area is 221 Å². The predicted octanol–water partition coefficient (Wildman–Crippen LogP) is 2.17. The van der Waals surface area contributed by atoms with Gasteiger partial charge in [0.25, 0.3) is 5.91 Å². The summed E-state index contributed by atoms with van der Waals surface area (Å²) in [5.41, 5.74) is 1.02. The van der Waals surface area contributed by atoms with Gasteiger partial charge in [-0.15, -0.1) is 0 Å². The highest BCUT2D eigenvalue weighted by molar-refractivity contribution is 7.88. The zero-order chi connectivity index (χ0) is 27.6. The van der Waals surface area contributed by atoms with E-state index in [2.05, 4.69) is 10.6 Å². The van der Waals surface area contributed by atoms with E-state index >= 15 is 0 Å². The minimum atomic E-state index is -3.46. The average molecular weight is 549 g/mol. The van der Waals surface area contributed by atoms with Gasteiger partial charge in [0.15, 0.2) is 11.5 Å². The fourth-order valence-corrected chi connectivity index (χ4v) is 4.59. The summed E-state index contributed by atoms with van der Waals surface area (Å²) in [6.07, 6.45) is 0.549. The molecule has 12 nitrogen and oxygen atoms in total. The lowest BCUT2D eigenvalue weighted by molar-refractivity contribution is 0.0387. The van der Waals surface area contributed by atoms with Crippen molar-refractivity contribution in [1.29, 1.82) is 0 Å². The number of amides is 3. The molecule has 4 rings (SSSR count). The molecule has 3 amide bonds. The summed E-state index contributed by atoms with van der Waals surface area (Å²) in [5.74, 6) is 0.757. The fourth-order valence-electron chi connectivity index (χ4n) is 4.17. The Bertz CT molecular complexity index is 1320. The number of nitrogens with one attached hydrogen (secondary N) is 2. The van der Waals surface area contributed by atoms with Crippen molar-refractivity contribution in [2.75, 3.05) is 50.4 Å². The molecule has 3 N–H and O–H groups in total. The number of urea groups is 1. The molecule has 2 aromatic carbocycles. The van der Waals surface area contributed by atoms with E-state index < -0.39 is 28.2 Å². The van der Waals surface area contributed by atoms with Gasteiger partial charge in [0, 0.05) is 37.0 Å². The number of aliphatic hydroxyl groups excluding tert-OH is 1. The van der Waals surface area contributed by atoms with E-state index in [1.54, 1.807) is 37.3 Å². The maximum atomic E-state index is 13.5. The predicted molar refractivity (Wildman–Crippen MR) is 140 cm³/mol. The standard InChI is InChI=1S/C25H32N4O8S/c1-15-11-29(16(2)13-30)24(31)19-9-17(5-7-20(19)37-23(15)12-28(3)38(4,33)34)26-25(32)27-18-6-8-21-22(10-18)36-14-35-21/h5-10,15-16,23,30H,11-14H2,1-4H3,(H2,26,27,32)/t15-,16-,23+/m0/s1. The Morgan fingerprint density at radius 2 is 1.76 bits per heavy atom. The van der Waals surface area contributed by atoms with Crippen LogP contribution in [0.1, 0.15) is 24.2 Å². The fraction of sp³-hybridized carbons (Fsp3) is 0.440. The molecule has 2 aliphatic heterocycles. The molecule has 2 aliphatic rings. The number of ether oxygens (including phenoxy) is 3. The van der Waals surface area contributed by atoms with Crippen LogP contribution in [0.25, 0.3) is 0 Å². The van der Waals surface area contributed by atoms with Gasteiger partial charge in [0.05, 0.1) is 31.0 Å². The van der Waals surface area contributed by atoms with E-state index in [0.717, 1.165) is 6.26 Å². The number of hydrogen-bond donors (Lipinski definition) is 3. The molecule has 0 bridgehead atoms. The van der Waals surface area contributed by atoms with Gasteiger partial charge in [-0.1, -0.05) is 6.92 Å². The van der Waals surface area contributed by atoms with Gasteiger partial charge in [-0.2, -0.15) is 0 Å². The number of aliphatic hydroxyl groups is 1. The number of rotatable bonds is 7. The number of sulfonamides is 1. The highest BCUT2D eigenvalue weighted by atomic mass is 32.2. The SMILES string of the molecule is C[C@H]1CN([C@@H](C)CO)C(=O)c2cc(NC(=O)Nc3ccc4c(c3)OCO4)ccc2O[C@@H]1CN(C)S(C)(=O)=O. The molecule has 0 saturated heterocycles. The number of benzene rings is 2. The monoisotopic (exact) mass is 548 g/mol. The second-order valence-electron chi connectivity index (χ2n) is 9.52. The zero-order valence-electron chi connectivity index (χ0n) is 21.6. The van der Waals surface area contributed by atoms with Crippen LogP contribution >= 0.6 is 0 Å². The third-order valence-electron chi connectivity index (χ3n) is 6.56. The third-order valence-corrected chi connectivity index (χ3v) is 7.84. The zero-order valence-corrected chi connectivity index (χ0v) is 22.4. The molecule has 38 heavy (non-hydrogen) atoms. The third kappa shape index (κ3) is 6.11. The van der Waals surface area contributed by atoms with Crippen LogP contribution < -0.4 is 24.8 Å². The number of anilines is 2. The van der Waals surface area contributed by atoms with Gasteiger partial charge in [0.1, 0.15) is 11.9 Å². The van der Waals surface area contributed by atoms with Crippen LogP contribution in [-0.2, 0) is 10.0 Å². The molecule has 0 unspecified atom stereocenters. The van der Waals surface area contributed by atoms with Gasteiger partial charge < -0.3 is 34.9 Å². The van der Waals surface area contributed by atoms with Crippen LogP contribution in [0, 0.1) is 5.92 Å². The Morgan fingerprint density at radius 3 is 2.42 bits per heavy atom. The van der Waals surface area contributed by atoms with Gasteiger partial charge in [-0.3, -0.25) is 4.79 Å². The molecule has 0 fully saturated rings. The van der Waals surface area contributed by atoms with E-state index in [0.29, 0.717) is 22.9 Å². The lowest BCUT2D eigenvalue weighted by Gasteiger charge is -2.38. The van der Waals surface area contributed by atoms with E-state index in [1.807, 2.05) is 6.92 Å². The summed E-state index contributed by atoms with van der Waals surface area (Å²) < 4.78 is 42.0. The van der Waals surface area contributed by atoms with Crippen LogP contribution in [0.2, 0.25) is 0 Å². The maximum Gasteiger partial charge on any atom is 0.323 e. The van der Waals surface area contributed by atoms with Crippen LogP contribution in [-0.4, -0.2) is 86.6 Å². The van der Waals surface area contributed by atoms with Crippen LogP contribution in [0.4, 0.5) is 16.2 Å². The summed E-state index contributed by atoms with van der Waals surface area (Å²) in [4.78, 5) is 27.7. The lowest BCUT2D eigenvalue weighted by atomic mass is 9.99. The van der Waals surface area contributed by atoms with Crippen molar-refractivity contribution >= 4 is 33.3 Å². The van der Waals surface area contributed by atoms with Crippen molar-refractivity contribution in [1.82, 2.24) is 9.21 Å². The normalized spacial score (nSPS) is 19.7. The first-order valence-corrected chi connectivity index (χ1v) is 13.9. The van der Waals surface area contributed by atoms with E-state index in [9.17, 15) is 23.1 Å². The molecule has 3 atom stereocenters. The Balaban J connectivity index is 1.58. The van der Waals surface area contributed by atoms with Gasteiger partial charge in [-0.05, 0) is 37.3 Å². The first kappa shape index (κ1) is 27.5. The Kier molecular flexibility index (Phi) is 7.99. The Hall–Kier alpha value is -3.55. The minimum absolute atomic E-state index is 0.0763. The molecular weight excluding hydrogens is 516 g/mol. The smallest absolute Gasteiger partial charge is 0.323 e. The van der Waals surface area contributed by atoms with Crippen LogP contribution in [0.5, 0.6) is 17.2 Å². The largest absolute Gasteiger partial charge is 0.488 e. The molecule has 0 aromatic heterocycles. The number of hydrogen-bond acceptors (Lipinski definition) is 8. The van der Waals surface area contributed by atoms with Crippen molar-refractivity contribution in [3.63, 3.8) is 0 Å².